The first-order valence-electron chi connectivity index (χ1n) is 9.39. The van der Waals surface area contributed by atoms with Crippen LogP contribution in [0.5, 0.6) is 0 Å². The fourth-order valence-electron chi connectivity index (χ4n) is 3.10. The van der Waals surface area contributed by atoms with E-state index in [2.05, 4.69) is 39.6 Å². The Morgan fingerprint density at radius 1 is 1.00 bits per heavy atom. The zero-order chi connectivity index (χ0) is 19.1. The minimum atomic E-state index is -0.00731. The molecule has 1 amide bonds. The molecule has 0 radical (unpaired) electrons. The Hall–Kier alpha value is -2.24. The summed E-state index contributed by atoms with van der Waals surface area (Å²) in [5, 5.41) is 6.84. The second-order valence-corrected chi connectivity index (χ2v) is 7.35. The number of benzene rings is 2. The standard InChI is InChI=1S/C21H27ClN4O/c1-25-12-14-26(15-13-25)20-8-6-19(7-9-20)24-16-21(27)23-11-10-17-2-4-18(22)5-3-17/h2-9,24H,10-16H2,1H3,(H,23,27). The highest BCUT2D eigenvalue weighted by Crippen LogP contribution is 2.19. The van der Waals surface area contributed by atoms with E-state index < -0.39 is 0 Å². The molecule has 0 aliphatic carbocycles. The van der Waals surface area contributed by atoms with Crippen LogP contribution in [-0.4, -0.2) is 57.1 Å². The third-order valence-electron chi connectivity index (χ3n) is 4.84. The summed E-state index contributed by atoms with van der Waals surface area (Å²) in [5.74, 6) is -0.00731. The van der Waals surface area contributed by atoms with Crippen LogP contribution in [0.2, 0.25) is 5.02 Å². The summed E-state index contributed by atoms with van der Waals surface area (Å²) in [6, 6.07) is 16.0. The van der Waals surface area contributed by atoms with Gasteiger partial charge in [0.2, 0.25) is 5.91 Å². The number of hydrogen-bond donors (Lipinski definition) is 2. The largest absolute Gasteiger partial charge is 0.376 e. The Morgan fingerprint density at radius 3 is 2.33 bits per heavy atom. The van der Waals surface area contributed by atoms with E-state index in [0.717, 1.165) is 48.9 Å². The van der Waals surface area contributed by atoms with Gasteiger partial charge >= 0.3 is 0 Å². The number of halogens is 1. The average molecular weight is 387 g/mol. The Morgan fingerprint density at radius 2 is 1.67 bits per heavy atom. The summed E-state index contributed by atoms with van der Waals surface area (Å²) in [7, 11) is 2.16. The maximum Gasteiger partial charge on any atom is 0.239 e. The number of nitrogens with one attached hydrogen (secondary N) is 2. The zero-order valence-electron chi connectivity index (χ0n) is 15.7. The van der Waals surface area contributed by atoms with Crippen LogP contribution in [0.15, 0.2) is 48.5 Å². The summed E-state index contributed by atoms with van der Waals surface area (Å²) in [6.45, 7) is 5.18. The smallest absolute Gasteiger partial charge is 0.239 e. The monoisotopic (exact) mass is 386 g/mol. The number of piperazine rings is 1. The van der Waals surface area contributed by atoms with Crippen molar-refractivity contribution < 1.29 is 4.79 Å². The number of nitrogens with zero attached hydrogens (tertiary/aromatic N) is 2. The van der Waals surface area contributed by atoms with Crippen LogP contribution < -0.4 is 15.5 Å². The fraction of sp³-hybridized carbons (Fsp3) is 0.381. The third kappa shape index (κ3) is 6.15. The van der Waals surface area contributed by atoms with Crippen LogP contribution in [0, 0.1) is 0 Å². The molecule has 6 heteroatoms. The Balaban J connectivity index is 1.37. The SMILES string of the molecule is CN1CCN(c2ccc(NCC(=O)NCCc3ccc(Cl)cc3)cc2)CC1. The fourth-order valence-corrected chi connectivity index (χ4v) is 3.22. The van der Waals surface area contributed by atoms with Gasteiger partial charge in [-0.1, -0.05) is 23.7 Å². The van der Waals surface area contributed by atoms with Crippen molar-refractivity contribution in [1.82, 2.24) is 10.2 Å². The number of rotatable bonds is 7. The predicted molar refractivity (Wildman–Crippen MR) is 113 cm³/mol. The molecule has 2 N–H and O–H groups in total. The zero-order valence-corrected chi connectivity index (χ0v) is 16.5. The molecule has 3 rings (SSSR count). The normalized spacial score (nSPS) is 14.8. The van der Waals surface area contributed by atoms with Gasteiger partial charge in [0.25, 0.3) is 0 Å². The van der Waals surface area contributed by atoms with Crippen LogP contribution >= 0.6 is 11.6 Å². The second kappa shape index (κ2) is 9.62. The van der Waals surface area contributed by atoms with Crippen LogP contribution in [0.4, 0.5) is 11.4 Å². The molecule has 1 fully saturated rings. The topological polar surface area (TPSA) is 47.6 Å². The minimum absolute atomic E-state index is 0.00731. The van der Waals surface area contributed by atoms with Gasteiger partial charge in [-0.3, -0.25) is 4.79 Å². The van der Waals surface area contributed by atoms with Gasteiger partial charge in [-0.2, -0.15) is 0 Å². The van der Waals surface area contributed by atoms with Crippen molar-refractivity contribution in [2.75, 3.05) is 56.5 Å². The molecule has 27 heavy (non-hydrogen) atoms. The number of carbonyl (C=O) groups excluding carboxylic acids is 1. The van der Waals surface area contributed by atoms with Crippen molar-refractivity contribution in [3.63, 3.8) is 0 Å². The summed E-state index contributed by atoms with van der Waals surface area (Å²) >= 11 is 5.87. The van der Waals surface area contributed by atoms with E-state index in [1.54, 1.807) is 0 Å². The lowest BCUT2D eigenvalue weighted by molar-refractivity contribution is -0.119. The summed E-state index contributed by atoms with van der Waals surface area (Å²) in [4.78, 5) is 16.7. The molecule has 144 valence electrons. The molecule has 0 unspecified atom stereocenters. The lowest BCUT2D eigenvalue weighted by Gasteiger charge is -2.34. The summed E-state index contributed by atoms with van der Waals surface area (Å²) in [6.07, 6.45) is 0.794. The van der Waals surface area contributed by atoms with Gasteiger partial charge in [0, 0.05) is 49.1 Å². The van der Waals surface area contributed by atoms with Gasteiger partial charge in [-0.05, 0) is 55.4 Å². The first-order valence-corrected chi connectivity index (χ1v) is 9.76. The van der Waals surface area contributed by atoms with Gasteiger partial charge in [0.1, 0.15) is 0 Å². The second-order valence-electron chi connectivity index (χ2n) is 6.92. The van der Waals surface area contributed by atoms with E-state index in [1.165, 1.54) is 5.69 Å². The quantitative estimate of drug-likeness (QED) is 0.768. The van der Waals surface area contributed by atoms with Crippen molar-refractivity contribution in [2.45, 2.75) is 6.42 Å². The third-order valence-corrected chi connectivity index (χ3v) is 5.09. The number of amides is 1. The molecule has 0 saturated carbocycles. The van der Waals surface area contributed by atoms with Crippen molar-refractivity contribution in [3.8, 4) is 0 Å². The first kappa shape index (κ1) is 19.5. The maximum atomic E-state index is 12.0. The molecule has 0 atom stereocenters. The van der Waals surface area contributed by atoms with Crippen LogP contribution in [0.1, 0.15) is 5.56 Å². The Labute approximate surface area is 166 Å². The molecule has 1 aliphatic heterocycles. The molecular formula is C21H27ClN4O. The number of likely N-dealkylation sites (N-methyl/N-ethyl adjacent to an activating group) is 1. The predicted octanol–water partition coefficient (Wildman–Crippen LogP) is 2.86. The van der Waals surface area contributed by atoms with Crippen molar-refractivity contribution >= 4 is 28.9 Å². The highest BCUT2D eigenvalue weighted by Gasteiger charge is 2.13. The first-order chi connectivity index (χ1) is 13.1. The minimum Gasteiger partial charge on any atom is -0.376 e. The van der Waals surface area contributed by atoms with Crippen molar-refractivity contribution in [2.24, 2.45) is 0 Å². The summed E-state index contributed by atoms with van der Waals surface area (Å²) < 4.78 is 0. The number of anilines is 2. The van der Waals surface area contributed by atoms with Gasteiger partial charge in [-0.15, -0.1) is 0 Å². The van der Waals surface area contributed by atoms with Gasteiger partial charge in [-0.25, -0.2) is 0 Å². The number of carbonyl (C=O) groups is 1. The lowest BCUT2D eigenvalue weighted by Crippen LogP contribution is -2.44. The van der Waals surface area contributed by atoms with Crippen LogP contribution in [-0.2, 0) is 11.2 Å². The van der Waals surface area contributed by atoms with E-state index in [1.807, 2.05) is 36.4 Å². The summed E-state index contributed by atoms with van der Waals surface area (Å²) in [5.41, 5.74) is 3.36. The molecule has 0 aromatic heterocycles. The van der Waals surface area contributed by atoms with E-state index in [9.17, 15) is 4.79 Å². The van der Waals surface area contributed by atoms with E-state index in [0.29, 0.717) is 6.54 Å². The molecule has 1 saturated heterocycles. The van der Waals surface area contributed by atoms with Crippen LogP contribution in [0.3, 0.4) is 0 Å². The highest BCUT2D eigenvalue weighted by atomic mass is 35.5. The molecular weight excluding hydrogens is 360 g/mol. The molecule has 0 spiro atoms. The van der Waals surface area contributed by atoms with Crippen molar-refractivity contribution in [3.05, 3.63) is 59.1 Å². The highest BCUT2D eigenvalue weighted by molar-refractivity contribution is 6.30. The van der Waals surface area contributed by atoms with E-state index in [-0.39, 0.29) is 12.5 Å². The Bertz CT molecular complexity index is 725. The van der Waals surface area contributed by atoms with E-state index >= 15 is 0 Å². The molecule has 2 aromatic rings. The Kier molecular flexibility index (Phi) is 6.96. The van der Waals surface area contributed by atoms with Crippen LogP contribution in [0.25, 0.3) is 0 Å². The molecule has 1 aliphatic rings. The molecule has 5 nitrogen and oxygen atoms in total. The van der Waals surface area contributed by atoms with Gasteiger partial charge in [0.05, 0.1) is 6.54 Å². The van der Waals surface area contributed by atoms with Gasteiger partial charge in [0.15, 0.2) is 0 Å². The van der Waals surface area contributed by atoms with Crippen molar-refractivity contribution in [1.29, 1.82) is 0 Å². The average Bonchev–Trinajstić information content (AvgIpc) is 2.69. The van der Waals surface area contributed by atoms with Gasteiger partial charge < -0.3 is 20.4 Å². The lowest BCUT2D eigenvalue weighted by atomic mass is 10.1. The van der Waals surface area contributed by atoms with E-state index in [4.69, 9.17) is 11.6 Å². The molecule has 0 bridgehead atoms. The maximum absolute atomic E-state index is 12.0. The molecule has 2 aromatic carbocycles. The molecule has 1 heterocycles. The number of hydrogen-bond acceptors (Lipinski definition) is 4.